The Morgan fingerprint density at radius 3 is 1.34 bits per heavy atom. The lowest BCUT2D eigenvalue weighted by Gasteiger charge is -2.20. The minimum Gasteiger partial charge on any atom is -0.504 e. The van der Waals surface area contributed by atoms with Crippen LogP contribution in [0, 0.1) is 0 Å². The average Bonchev–Trinajstić information content (AvgIpc) is 3.13. The van der Waals surface area contributed by atoms with Gasteiger partial charge in [0.15, 0.2) is 11.5 Å². The van der Waals surface area contributed by atoms with E-state index in [0.29, 0.717) is 16.3 Å². The zero-order chi connectivity index (χ0) is 32.2. The SMILES string of the molecule is Oc1c(O)c(O)c(-c2c3ccccc3c(-c3ccc4cccc(-c5ccc(-c6ccccc6)cc5)c4c3)c3ccccc23)c(O)c1O. The second-order valence-electron chi connectivity index (χ2n) is 11.6. The van der Waals surface area contributed by atoms with Crippen LogP contribution in [0.4, 0.5) is 0 Å². The third-order valence-corrected chi connectivity index (χ3v) is 9.03. The molecule has 5 nitrogen and oxygen atoms in total. The van der Waals surface area contributed by atoms with Gasteiger partial charge in [-0.25, -0.2) is 0 Å². The molecule has 8 aromatic carbocycles. The molecule has 5 heteroatoms. The molecule has 0 bridgehead atoms. The van der Waals surface area contributed by atoms with Crippen LogP contribution in [0.2, 0.25) is 0 Å². The molecule has 0 aliphatic carbocycles. The topological polar surface area (TPSA) is 101 Å². The van der Waals surface area contributed by atoms with Crippen LogP contribution in [0.3, 0.4) is 0 Å². The number of hydrogen-bond acceptors (Lipinski definition) is 5. The van der Waals surface area contributed by atoms with Gasteiger partial charge >= 0.3 is 0 Å². The monoisotopic (exact) mass is 612 g/mol. The molecular weight excluding hydrogens is 584 g/mol. The Morgan fingerprint density at radius 1 is 0.277 bits per heavy atom. The van der Waals surface area contributed by atoms with Gasteiger partial charge in [0.25, 0.3) is 0 Å². The standard InChI is InChI=1S/C42H28O5/c43-38-37(39(44)41(46)42(47)40(38)45)36-32-14-6-4-12-30(32)35(31-13-5-7-15-33(31)36)28-22-21-26-11-8-16-29(34(26)23-28)27-19-17-25(18-20-27)24-9-2-1-3-10-24/h1-23,43-47H. The summed E-state index contributed by atoms with van der Waals surface area (Å²) in [6.45, 7) is 0. The van der Waals surface area contributed by atoms with E-state index in [9.17, 15) is 25.5 Å². The maximum Gasteiger partial charge on any atom is 0.208 e. The summed E-state index contributed by atoms with van der Waals surface area (Å²) in [5.41, 5.74) is 6.73. The molecule has 0 aliphatic heterocycles. The van der Waals surface area contributed by atoms with Crippen molar-refractivity contribution in [3.05, 3.63) is 140 Å². The van der Waals surface area contributed by atoms with Crippen LogP contribution in [-0.2, 0) is 0 Å². The van der Waals surface area contributed by atoms with E-state index in [0.717, 1.165) is 49.4 Å². The molecule has 0 saturated heterocycles. The fourth-order valence-electron chi connectivity index (χ4n) is 6.78. The predicted molar refractivity (Wildman–Crippen MR) is 189 cm³/mol. The van der Waals surface area contributed by atoms with Crippen molar-refractivity contribution in [3.8, 4) is 73.3 Å². The normalized spacial score (nSPS) is 11.4. The molecule has 47 heavy (non-hydrogen) atoms. The zero-order valence-corrected chi connectivity index (χ0v) is 25.0. The molecule has 0 fully saturated rings. The third kappa shape index (κ3) is 4.40. The molecule has 0 aromatic heterocycles. The van der Waals surface area contributed by atoms with Gasteiger partial charge in [-0.05, 0) is 71.8 Å². The first-order valence-electron chi connectivity index (χ1n) is 15.2. The minimum absolute atomic E-state index is 0.170. The second-order valence-corrected chi connectivity index (χ2v) is 11.6. The highest BCUT2D eigenvalue weighted by atomic mass is 16.4. The van der Waals surface area contributed by atoms with Gasteiger partial charge in [0, 0.05) is 5.56 Å². The van der Waals surface area contributed by atoms with Crippen LogP contribution in [0.25, 0.3) is 76.8 Å². The largest absolute Gasteiger partial charge is 0.504 e. The Kier molecular flexibility index (Phi) is 6.48. The highest BCUT2D eigenvalue weighted by molar-refractivity contribution is 6.23. The lowest BCUT2D eigenvalue weighted by Crippen LogP contribution is -1.92. The van der Waals surface area contributed by atoms with E-state index < -0.39 is 28.7 Å². The van der Waals surface area contributed by atoms with E-state index in [4.69, 9.17) is 0 Å². The number of rotatable bonds is 4. The molecule has 0 spiro atoms. The summed E-state index contributed by atoms with van der Waals surface area (Å²) in [6, 6.07) is 47.0. The first-order chi connectivity index (χ1) is 22.9. The van der Waals surface area contributed by atoms with Crippen LogP contribution in [0.1, 0.15) is 0 Å². The predicted octanol–water partition coefficient (Wildman–Crippen LogP) is 10.3. The number of hydrogen-bond donors (Lipinski definition) is 5. The minimum atomic E-state index is -0.990. The van der Waals surface area contributed by atoms with Crippen LogP contribution in [0.5, 0.6) is 28.7 Å². The molecule has 226 valence electrons. The average molecular weight is 613 g/mol. The lowest BCUT2D eigenvalue weighted by molar-refractivity contribution is 0.330. The summed E-state index contributed by atoms with van der Waals surface area (Å²) >= 11 is 0. The molecular formula is C42H28O5. The van der Waals surface area contributed by atoms with Gasteiger partial charge in [0.1, 0.15) is 0 Å². The van der Waals surface area contributed by atoms with E-state index in [1.165, 1.54) is 5.56 Å². The second kappa shape index (κ2) is 10.9. The lowest BCUT2D eigenvalue weighted by atomic mass is 9.84. The number of aromatic hydroxyl groups is 5. The van der Waals surface area contributed by atoms with E-state index in [1.807, 2.05) is 66.7 Å². The van der Waals surface area contributed by atoms with Gasteiger partial charge in [0.05, 0.1) is 5.56 Å². The van der Waals surface area contributed by atoms with Crippen LogP contribution >= 0.6 is 0 Å². The molecule has 0 heterocycles. The summed E-state index contributed by atoms with van der Waals surface area (Å²) < 4.78 is 0. The van der Waals surface area contributed by atoms with Crippen molar-refractivity contribution >= 4 is 32.3 Å². The summed E-state index contributed by atoms with van der Waals surface area (Å²) in [5, 5.41) is 58.3. The number of fused-ring (bicyclic) bond motifs is 3. The molecule has 0 atom stereocenters. The molecule has 8 aromatic rings. The smallest absolute Gasteiger partial charge is 0.208 e. The highest BCUT2D eigenvalue weighted by Gasteiger charge is 2.28. The van der Waals surface area contributed by atoms with Crippen LogP contribution in [0.15, 0.2) is 140 Å². The molecule has 0 radical (unpaired) electrons. The van der Waals surface area contributed by atoms with E-state index >= 15 is 0 Å². The van der Waals surface area contributed by atoms with E-state index in [1.54, 1.807) is 0 Å². The third-order valence-electron chi connectivity index (χ3n) is 9.03. The summed E-state index contributed by atoms with van der Waals surface area (Å²) in [4.78, 5) is 0. The summed E-state index contributed by atoms with van der Waals surface area (Å²) in [5.74, 6) is -4.27. The number of phenolic OH excluding ortho intramolecular Hbond substituents is 5. The molecule has 0 unspecified atom stereocenters. The Hall–Kier alpha value is -6.46. The van der Waals surface area contributed by atoms with Gasteiger partial charge in [-0.1, -0.05) is 133 Å². The molecule has 8 rings (SSSR count). The quantitative estimate of drug-likeness (QED) is 0.0773. The van der Waals surface area contributed by atoms with Gasteiger partial charge in [-0.15, -0.1) is 0 Å². The zero-order valence-electron chi connectivity index (χ0n) is 25.0. The summed E-state index contributed by atoms with van der Waals surface area (Å²) in [6.07, 6.45) is 0. The highest BCUT2D eigenvalue weighted by Crippen LogP contribution is 2.57. The first kappa shape index (κ1) is 28.0. The molecule has 0 aliphatic rings. The van der Waals surface area contributed by atoms with Crippen molar-refractivity contribution in [2.24, 2.45) is 0 Å². The Bertz CT molecular complexity index is 2410. The van der Waals surface area contributed by atoms with Crippen molar-refractivity contribution in [3.63, 3.8) is 0 Å². The molecule has 0 saturated carbocycles. The van der Waals surface area contributed by atoms with Crippen molar-refractivity contribution in [1.29, 1.82) is 0 Å². The van der Waals surface area contributed by atoms with Crippen LogP contribution in [-0.4, -0.2) is 25.5 Å². The number of benzene rings is 8. The van der Waals surface area contributed by atoms with Crippen molar-refractivity contribution < 1.29 is 25.5 Å². The number of phenols is 5. The Labute approximate surface area is 270 Å². The van der Waals surface area contributed by atoms with E-state index in [-0.39, 0.29) is 5.56 Å². The van der Waals surface area contributed by atoms with Gasteiger partial charge in [0.2, 0.25) is 17.2 Å². The maximum absolute atomic E-state index is 11.0. The maximum atomic E-state index is 11.0. The van der Waals surface area contributed by atoms with E-state index in [2.05, 4.69) is 72.8 Å². The Balaban J connectivity index is 1.38. The summed E-state index contributed by atoms with van der Waals surface area (Å²) in [7, 11) is 0. The van der Waals surface area contributed by atoms with Gasteiger partial charge in [-0.3, -0.25) is 0 Å². The molecule has 5 N–H and O–H groups in total. The fourth-order valence-corrected chi connectivity index (χ4v) is 6.78. The van der Waals surface area contributed by atoms with Crippen LogP contribution < -0.4 is 0 Å². The van der Waals surface area contributed by atoms with Crippen molar-refractivity contribution in [2.75, 3.05) is 0 Å². The van der Waals surface area contributed by atoms with Crippen molar-refractivity contribution in [2.45, 2.75) is 0 Å². The Morgan fingerprint density at radius 2 is 0.745 bits per heavy atom. The first-order valence-corrected chi connectivity index (χ1v) is 15.2. The fraction of sp³-hybridized carbons (Fsp3) is 0. The van der Waals surface area contributed by atoms with Crippen molar-refractivity contribution in [1.82, 2.24) is 0 Å². The molecule has 0 amide bonds. The van der Waals surface area contributed by atoms with Gasteiger partial charge < -0.3 is 25.5 Å². The van der Waals surface area contributed by atoms with Gasteiger partial charge in [-0.2, -0.15) is 0 Å².